The van der Waals surface area contributed by atoms with Gasteiger partial charge >= 0.3 is 0 Å². The average Bonchev–Trinajstić information content (AvgIpc) is 2.47. The molecule has 0 bridgehead atoms. The van der Waals surface area contributed by atoms with Crippen LogP contribution in [-0.4, -0.2) is 44.2 Å². The van der Waals surface area contributed by atoms with E-state index in [1.54, 1.807) is 4.31 Å². The summed E-state index contributed by atoms with van der Waals surface area (Å²) in [4.78, 5) is 0. The molecule has 5 heteroatoms. The van der Waals surface area contributed by atoms with Crippen LogP contribution >= 0.6 is 0 Å². The predicted octanol–water partition coefficient (Wildman–Crippen LogP) is 1.63. The van der Waals surface area contributed by atoms with Crippen molar-refractivity contribution in [3.8, 4) is 0 Å². The van der Waals surface area contributed by atoms with E-state index in [9.17, 15) is 8.42 Å². The minimum Gasteiger partial charge on any atom is -0.313 e. The Kier molecular flexibility index (Phi) is 5.57. The monoisotopic (exact) mass is 296 g/mol. The molecular formula is C15H24N2O2S. The lowest BCUT2D eigenvalue weighted by Gasteiger charge is -2.32. The molecule has 1 unspecified atom stereocenters. The number of rotatable bonds is 6. The number of sulfonamides is 1. The zero-order chi connectivity index (χ0) is 14.4. The molecular weight excluding hydrogens is 272 g/mol. The van der Waals surface area contributed by atoms with E-state index in [-0.39, 0.29) is 5.75 Å². The van der Waals surface area contributed by atoms with E-state index in [2.05, 4.69) is 12.2 Å². The third-order valence-electron chi connectivity index (χ3n) is 3.76. The summed E-state index contributed by atoms with van der Waals surface area (Å²) in [5.74, 6) is 0.204. The van der Waals surface area contributed by atoms with Gasteiger partial charge in [0, 0.05) is 19.1 Å². The number of benzene rings is 1. The Labute approximate surface area is 122 Å². The molecule has 1 atom stereocenters. The van der Waals surface area contributed by atoms with Crippen molar-refractivity contribution in [1.82, 2.24) is 9.62 Å². The summed E-state index contributed by atoms with van der Waals surface area (Å²) in [5.41, 5.74) is 1.08. The number of hydrogen-bond acceptors (Lipinski definition) is 3. The SMILES string of the molecule is CCNC1CCCN(S(=O)(=O)CCc2ccccc2)C1. The number of piperidine rings is 1. The number of hydrogen-bond donors (Lipinski definition) is 1. The van der Waals surface area contributed by atoms with Crippen LogP contribution in [0, 0.1) is 0 Å². The molecule has 0 radical (unpaired) electrons. The second kappa shape index (κ2) is 7.20. The molecule has 0 saturated carbocycles. The van der Waals surface area contributed by atoms with Crippen LogP contribution in [-0.2, 0) is 16.4 Å². The molecule has 0 amide bonds. The van der Waals surface area contributed by atoms with E-state index in [4.69, 9.17) is 0 Å². The predicted molar refractivity (Wildman–Crippen MR) is 82.2 cm³/mol. The molecule has 1 aromatic carbocycles. The normalized spacial score (nSPS) is 20.9. The molecule has 4 nitrogen and oxygen atoms in total. The fourth-order valence-corrected chi connectivity index (χ4v) is 4.24. The quantitative estimate of drug-likeness (QED) is 0.868. The van der Waals surface area contributed by atoms with E-state index >= 15 is 0 Å². The van der Waals surface area contributed by atoms with Gasteiger partial charge in [0.1, 0.15) is 0 Å². The Balaban J connectivity index is 1.92. The Morgan fingerprint density at radius 1 is 1.30 bits per heavy atom. The van der Waals surface area contributed by atoms with Gasteiger partial charge in [-0.25, -0.2) is 12.7 Å². The smallest absolute Gasteiger partial charge is 0.214 e. The van der Waals surface area contributed by atoms with Crippen LogP contribution in [0.4, 0.5) is 0 Å². The van der Waals surface area contributed by atoms with E-state index < -0.39 is 10.0 Å². The van der Waals surface area contributed by atoms with Crippen LogP contribution in [0.5, 0.6) is 0 Å². The number of aryl methyl sites for hydroxylation is 1. The summed E-state index contributed by atoms with van der Waals surface area (Å²) in [6, 6.07) is 10.1. The van der Waals surface area contributed by atoms with E-state index in [0.29, 0.717) is 25.6 Å². The van der Waals surface area contributed by atoms with Gasteiger partial charge in [0.25, 0.3) is 0 Å². The highest BCUT2D eigenvalue weighted by Crippen LogP contribution is 2.15. The molecule has 2 rings (SSSR count). The van der Waals surface area contributed by atoms with Gasteiger partial charge in [0.2, 0.25) is 10.0 Å². The summed E-state index contributed by atoms with van der Waals surface area (Å²) < 4.78 is 26.5. The minimum absolute atomic E-state index is 0.204. The molecule has 112 valence electrons. The number of likely N-dealkylation sites (N-methyl/N-ethyl adjacent to an activating group) is 1. The maximum atomic E-state index is 12.4. The molecule has 1 heterocycles. The molecule has 0 aliphatic carbocycles. The third-order valence-corrected chi connectivity index (χ3v) is 5.60. The van der Waals surface area contributed by atoms with Gasteiger partial charge in [0.05, 0.1) is 5.75 Å². The van der Waals surface area contributed by atoms with Gasteiger partial charge in [-0.15, -0.1) is 0 Å². The first-order valence-corrected chi connectivity index (χ1v) is 8.98. The van der Waals surface area contributed by atoms with Crippen molar-refractivity contribution in [2.75, 3.05) is 25.4 Å². The van der Waals surface area contributed by atoms with Gasteiger partial charge < -0.3 is 5.32 Å². The molecule has 1 aliphatic heterocycles. The summed E-state index contributed by atoms with van der Waals surface area (Å²) in [6.07, 6.45) is 2.60. The van der Waals surface area contributed by atoms with Crippen LogP contribution < -0.4 is 5.32 Å². The van der Waals surface area contributed by atoms with Crippen molar-refractivity contribution in [2.24, 2.45) is 0 Å². The summed E-state index contributed by atoms with van der Waals surface area (Å²) in [7, 11) is -3.14. The largest absolute Gasteiger partial charge is 0.313 e. The molecule has 1 aromatic rings. The van der Waals surface area contributed by atoms with Gasteiger partial charge in [-0.05, 0) is 31.4 Å². The van der Waals surface area contributed by atoms with Crippen molar-refractivity contribution in [2.45, 2.75) is 32.2 Å². The first-order valence-electron chi connectivity index (χ1n) is 7.37. The fourth-order valence-electron chi connectivity index (χ4n) is 2.67. The number of nitrogens with zero attached hydrogens (tertiary/aromatic N) is 1. The minimum atomic E-state index is -3.14. The summed E-state index contributed by atoms with van der Waals surface area (Å²) in [6.45, 7) is 4.23. The average molecular weight is 296 g/mol. The molecule has 0 aromatic heterocycles. The second-order valence-electron chi connectivity index (χ2n) is 5.31. The van der Waals surface area contributed by atoms with Crippen molar-refractivity contribution in [3.63, 3.8) is 0 Å². The molecule has 1 N–H and O–H groups in total. The topological polar surface area (TPSA) is 49.4 Å². The van der Waals surface area contributed by atoms with E-state index in [1.807, 2.05) is 30.3 Å². The van der Waals surface area contributed by atoms with Crippen LogP contribution in [0.1, 0.15) is 25.3 Å². The molecule has 0 spiro atoms. The molecule has 1 saturated heterocycles. The maximum Gasteiger partial charge on any atom is 0.214 e. The van der Waals surface area contributed by atoms with Crippen molar-refractivity contribution < 1.29 is 8.42 Å². The summed E-state index contributed by atoms with van der Waals surface area (Å²) in [5, 5.41) is 3.35. The standard InChI is InChI=1S/C15H24N2O2S/c1-2-16-15-9-6-11-17(13-15)20(18,19)12-10-14-7-4-3-5-8-14/h3-5,7-8,15-16H,2,6,9-13H2,1H3. The Morgan fingerprint density at radius 3 is 2.75 bits per heavy atom. The van der Waals surface area contributed by atoms with Gasteiger partial charge in [-0.3, -0.25) is 0 Å². The van der Waals surface area contributed by atoms with Gasteiger partial charge in [-0.2, -0.15) is 0 Å². The van der Waals surface area contributed by atoms with Crippen LogP contribution in [0.2, 0.25) is 0 Å². The highest BCUT2D eigenvalue weighted by atomic mass is 32.2. The lowest BCUT2D eigenvalue weighted by molar-refractivity contribution is 0.286. The first kappa shape index (κ1) is 15.5. The third kappa shape index (κ3) is 4.30. The van der Waals surface area contributed by atoms with Crippen molar-refractivity contribution in [3.05, 3.63) is 35.9 Å². The van der Waals surface area contributed by atoms with Gasteiger partial charge in [-0.1, -0.05) is 37.3 Å². The van der Waals surface area contributed by atoms with Crippen molar-refractivity contribution >= 4 is 10.0 Å². The molecule has 20 heavy (non-hydrogen) atoms. The molecule has 1 fully saturated rings. The zero-order valence-corrected chi connectivity index (χ0v) is 12.9. The van der Waals surface area contributed by atoms with E-state index in [0.717, 1.165) is 24.9 Å². The Bertz CT molecular complexity index is 500. The second-order valence-corrected chi connectivity index (χ2v) is 7.39. The van der Waals surface area contributed by atoms with Crippen LogP contribution in [0.3, 0.4) is 0 Å². The summed E-state index contributed by atoms with van der Waals surface area (Å²) >= 11 is 0. The highest BCUT2D eigenvalue weighted by Gasteiger charge is 2.28. The Hall–Kier alpha value is -0.910. The number of nitrogens with one attached hydrogen (secondary N) is 1. The lowest BCUT2D eigenvalue weighted by atomic mass is 10.1. The van der Waals surface area contributed by atoms with Gasteiger partial charge in [0.15, 0.2) is 0 Å². The molecule has 1 aliphatic rings. The maximum absolute atomic E-state index is 12.4. The first-order chi connectivity index (χ1) is 9.62. The van der Waals surface area contributed by atoms with Crippen molar-refractivity contribution in [1.29, 1.82) is 0 Å². The lowest BCUT2D eigenvalue weighted by Crippen LogP contribution is -2.48. The zero-order valence-electron chi connectivity index (χ0n) is 12.1. The van der Waals surface area contributed by atoms with Crippen LogP contribution in [0.15, 0.2) is 30.3 Å². The Morgan fingerprint density at radius 2 is 2.05 bits per heavy atom. The fraction of sp³-hybridized carbons (Fsp3) is 0.600. The highest BCUT2D eigenvalue weighted by molar-refractivity contribution is 7.89. The van der Waals surface area contributed by atoms with E-state index in [1.165, 1.54) is 0 Å². The van der Waals surface area contributed by atoms with Crippen LogP contribution in [0.25, 0.3) is 0 Å².